The molecule has 7 N–H and O–H groups in total. The van der Waals surface area contributed by atoms with Crippen LogP contribution in [0.15, 0.2) is 73.3 Å². The molecule has 0 aliphatic rings. The smallest absolute Gasteiger partial charge is 0.408 e. The molecule has 0 aliphatic carbocycles. The summed E-state index contributed by atoms with van der Waals surface area (Å²) in [6.07, 6.45) is 1.55. The van der Waals surface area contributed by atoms with Crippen molar-refractivity contribution in [1.82, 2.24) is 26.6 Å². The number of hydrogen-bond acceptors (Lipinski definition) is 9. The molecule has 0 bridgehead atoms. The van der Waals surface area contributed by atoms with Crippen molar-refractivity contribution >= 4 is 41.6 Å². The summed E-state index contributed by atoms with van der Waals surface area (Å²) in [4.78, 5) is 91.0. The minimum atomic E-state index is -1.30. The van der Waals surface area contributed by atoms with E-state index in [4.69, 9.17) is 15.2 Å². The summed E-state index contributed by atoms with van der Waals surface area (Å²) in [5.41, 5.74) is 7.02. The van der Waals surface area contributed by atoms with Crippen LogP contribution >= 0.6 is 0 Å². The Morgan fingerprint density at radius 1 is 0.745 bits per heavy atom. The zero-order valence-corrected chi connectivity index (χ0v) is 32.1. The maximum atomic E-state index is 13.8. The average Bonchev–Trinajstić information content (AvgIpc) is 3.16. The standard InChI is InChI=1S/C40H56N6O9/c1-6-22-54-39(52)42-21-15-14-20-30(35(41)48)43-38(51)34(47)33(27(5)7-2)46-37(50)31(23-26(3)4)44-36(49)32(24-28-16-10-8-11-17-28)45-40(53)55-25-29-18-12-9-13-19-29/h6,8-13,16-19,26-27,30-33H,1,7,14-15,20-25H2,2-5H3,(H2,41,48)(H,42,52)(H,43,51)(H,44,49)(H,45,53)(H,46,50)/t27-,30-,31-,32-,33?/m0/s1. The monoisotopic (exact) mass is 764 g/mol. The van der Waals surface area contributed by atoms with Crippen LogP contribution in [0.1, 0.15) is 70.9 Å². The Hall–Kier alpha value is -5.73. The number of primary amides is 1. The van der Waals surface area contributed by atoms with Crippen molar-refractivity contribution in [1.29, 1.82) is 0 Å². The second-order valence-electron chi connectivity index (χ2n) is 13.6. The molecule has 0 saturated heterocycles. The molecule has 0 heterocycles. The number of unbranched alkanes of at least 4 members (excludes halogenated alkanes) is 1. The molecule has 2 aromatic rings. The van der Waals surface area contributed by atoms with Crippen LogP contribution in [0.4, 0.5) is 9.59 Å². The van der Waals surface area contributed by atoms with Gasteiger partial charge in [-0.25, -0.2) is 9.59 Å². The summed E-state index contributed by atoms with van der Waals surface area (Å²) in [6.45, 7) is 10.9. The first-order chi connectivity index (χ1) is 26.2. The van der Waals surface area contributed by atoms with Gasteiger partial charge in [0.2, 0.25) is 23.5 Å². The molecule has 5 atom stereocenters. The van der Waals surface area contributed by atoms with E-state index in [-0.39, 0.29) is 44.9 Å². The molecule has 0 fully saturated rings. The number of nitrogens with one attached hydrogen (secondary N) is 5. The maximum absolute atomic E-state index is 13.8. The minimum absolute atomic E-state index is 0.0181. The third-order valence-corrected chi connectivity index (χ3v) is 8.63. The van der Waals surface area contributed by atoms with Crippen LogP contribution in [0, 0.1) is 11.8 Å². The van der Waals surface area contributed by atoms with Gasteiger partial charge < -0.3 is 41.8 Å². The van der Waals surface area contributed by atoms with Crippen molar-refractivity contribution in [2.45, 2.75) is 97.0 Å². The first-order valence-electron chi connectivity index (χ1n) is 18.5. The predicted molar refractivity (Wildman–Crippen MR) is 206 cm³/mol. The Morgan fingerprint density at radius 3 is 1.95 bits per heavy atom. The second-order valence-corrected chi connectivity index (χ2v) is 13.6. The molecule has 2 aromatic carbocycles. The summed E-state index contributed by atoms with van der Waals surface area (Å²) >= 11 is 0. The van der Waals surface area contributed by atoms with E-state index >= 15 is 0 Å². The Bertz CT molecular complexity index is 1570. The van der Waals surface area contributed by atoms with Crippen molar-refractivity contribution in [3.05, 3.63) is 84.4 Å². The normalized spacial score (nSPS) is 13.5. The lowest BCUT2D eigenvalue weighted by Crippen LogP contribution is -2.59. The van der Waals surface area contributed by atoms with Gasteiger partial charge in [0.15, 0.2) is 0 Å². The van der Waals surface area contributed by atoms with Gasteiger partial charge in [-0.2, -0.15) is 0 Å². The zero-order chi connectivity index (χ0) is 40.8. The molecule has 0 radical (unpaired) electrons. The van der Waals surface area contributed by atoms with Gasteiger partial charge in [0, 0.05) is 13.0 Å². The van der Waals surface area contributed by atoms with E-state index in [0.29, 0.717) is 19.3 Å². The van der Waals surface area contributed by atoms with E-state index < -0.39 is 71.7 Å². The Kier molecular flexibility index (Phi) is 20.3. The van der Waals surface area contributed by atoms with Crippen molar-refractivity contribution in [3.8, 4) is 0 Å². The largest absolute Gasteiger partial charge is 0.445 e. The van der Waals surface area contributed by atoms with Crippen molar-refractivity contribution < 1.29 is 43.0 Å². The van der Waals surface area contributed by atoms with Gasteiger partial charge in [0.05, 0.1) is 6.04 Å². The van der Waals surface area contributed by atoms with Crippen LogP contribution in [0.3, 0.4) is 0 Å². The van der Waals surface area contributed by atoms with Gasteiger partial charge in [0.1, 0.15) is 31.3 Å². The maximum Gasteiger partial charge on any atom is 0.408 e. The van der Waals surface area contributed by atoms with E-state index in [0.717, 1.165) is 11.1 Å². The number of carbonyl (C=O) groups excluding carboxylic acids is 7. The Balaban J connectivity index is 2.15. The van der Waals surface area contributed by atoms with Crippen LogP contribution in [0.25, 0.3) is 0 Å². The number of benzene rings is 2. The Labute approximate surface area is 322 Å². The fourth-order valence-corrected chi connectivity index (χ4v) is 5.40. The number of carbonyl (C=O) groups is 7. The number of alkyl carbamates (subject to hydrolysis) is 2. The molecule has 2 rings (SSSR count). The van der Waals surface area contributed by atoms with Crippen LogP contribution in [0.5, 0.6) is 0 Å². The summed E-state index contributed by atoms with van der Waals surface area (Å²) < 4.78 is 10.2. The highest BCUT2D eigenvalue weighted by molar-refractivity contribution is 6.39. The number of nitrogens with two attached hydrogens (primary N) is 1. The fourth-order valence-electron chi connectivity index (χ4n) is 5.40. The lowest BCUT2D eigenvalue weighted by Gasteiger charge is -2.28. The molecule has 0 spiro atoms. The number of amides is 6. The van der Waals surface area contributed by atoms with Gasteiger partial charge in [-0.15, -0.1) is 0 Å². The van der Waals surface area contributed by atoms with Crippen molar-refractivity contribution in [3.63, 3.8) is 0 Å². The summed E-state index contributed by atoms with van der Waals surface area (Å²) in [5, 5.41) is 13.0. The first-order valence-corrected chi connectivity index (χ1v) is 18.5. The molecular weight excluding hydrogens is 708 g/mol. The SMILES string of the molecule is C=CCOC(=O)NCCCC[C@H](NC(=O)C(=O)C(NC(=O)[C@H](CC(C)C)NC(=O)[C@H](Cc1ccccc1)NC(=O)OCc1ccccc1)[C@@H](C)CC)C(N)=O. The fraction of sp³-hybridized carbons (Fsp3) is 0.475. The molecule has 6 amide bonds. The van der Waals surface area contributed by atoms with E-state index in [2.05, 4.69) is 33.2 Å². The van der Waals surface area contributed by atoms with Crippen LogP contribution < -0.4 is 32.3 Å². The highest BCUT2D eigenvalue weighted by Gasteiger charge is 2.35. The molecule has 1 unspecified atom stereocenters. The number of ether oxygens (including phenoxy) is 2. The molecule has 300 valence electrons. The zero-order valence-electron chi connectivity index (χ0n) is 32.1. The third kappa shape index (κ3) is 17.3. The average molecular weight is 765 g/mol. The molecule has 0 saturated carbocycles. The van der Waals surface area contributed by atoms with Crippen molar-refractivity contribution in [2.75, 3.05) is 13.2 Å². The minimum Gasteiger partial charge on any atom is -0.445 e. The molecular formula is C40H56N6O9. The molecule has 0 aromatic heterocycles. The van der Waals surface area contributed by atoms with Gasteiger partial charge in [0.25, 0.3) is 5.91 Å². The molecule has 15 heteroatoms. The van der Waals surface area contributed by atoms with Gasteiger partial charge >= 0.3 is 12.2 Å². The van der Waals surface area contributed by atoms with E-state index in [1.165, 1.54) is 6.08 Å². The van der Waals surface area contributed by atoms with Gasteiger partial charge in [-0.1, -0.05) is 107 Å². The summed E-state index contributed by atoms with van der Waals surface area (Å²) in [5.74, 6) is -4.90. The molecule has 0 aliphatic heterocycles. The van der Waals surface area contributed by atoms with Crippen LogP contribution in [0.2, 0.25) is 0 Å². The summed E-state index contributed by atoms with van der Waals surface area (Å²) in [6, 6.07) is 13.3. The number of rotatable bonds is 24. The Morgan fingerprint density at radius 2 is 1.36 bits per heavy atom. The van der Waals surface area contributed by atoms with E-state index in [9.17, 15) is 33.6 Å². The first kappa shape index (κ1) is 45.4. The van der Waals surface area contributed by atoms with E-state index in [1.54, 1.807) is 50.2 Å². The van der Waals surface area contributed by atoms with Crippen molar-refractivity contribution in [2.24, 2.45) is 17.6 Å². The third-order valence-electron chi connectivity index (χ3n) is 8.63. The van der Waals surface area contributed by atoms with Gasteiger partial charge in [-0.05, 0) is 48.6 Å². The van der Waals surface area contributed by atoms with Gasteiger partial charge in [-0.3, -0.25) is 24.0 Å². The number of hydrogen-bond donors (Lipinski definition) is 6. The van der Waals surface area contributed by atoms with E-state index in [1.807, 2.05) is 38.1 Å². The number of Topliss-reactive ketones (excluding diaryl/α,β-unsaturated/α-hetero) is 1. The van der Waals surface area contributed by atoms with Crippen LogP contribution in [-0.4, -0.2) is 78.9 Å². The quantitative estimate of drug-likeness (QED) is 0.0524. The lowest BCUT2D eigenvalue weighted by molar-refractivity contribution is -0.142. The topological polar surface area (TPSA) is 224 Å². The number of ketones is 1. The highest BCUT2D eigenvalue weighted by atomic mass is 16.6. The molecule has 55 heavy (non-hydrogen) atoms. The van der Waals surface area contributed by atoms with Crippen LogP contribution in [-0.2, 0) is 46.5 Å². The highest BCUT2D eigenvalue weighted by Crippen LogP contribution is 2.13. The summed E-state index contributed by atoms with van der Waals surface area (Å²) in [7, 11) is 0. The predicted octanol–water partition coefficient (Wildman–Crippen LogP) is 3.21. The lowest BCUT2D eigenvalue weighted by atomic mass is 9.93. The molecule has 15 nitrogen and oxygen atoms in total. The second kappa shape index (κ2) is 24.6.